The highest BCUT2D eigenvalue weighted by Gasteiger charge is 2.11. The summed E-state index contributed by atoms with van der Waals surface area (Å²) < 4.78 is 1.12. The van der Waals surface area contributed by atoms with Crippen molar-refractivity contribution < 1.29 is 0 Å². The normalized spacial score (nSPS) is 12.4. The number of alkyl halides is 1. The van der Waals surface area contributed by atoms with E-state index in [4.69, 9.17) is 0 Å². The fourth-order valence-corrected chi connectivity index (χ4v) is 3.16. The number of benzene rings is 1. The molecule has 0 aliphatic heterocycles. The van der Waals surface area contributed by atoms with E-state index < -0.39 is 0 Å². The number of hydrogen-bond donors (Lipinski definition) is 0. The van der Waals surface area contributed by atoms with Crippen molar-refractivity contribution in [2.45, 2.75) is 25.1 Å². The van der Waals surface area contributed by atoms with Gasteiger partial charge in [-0.05, 0) is 48.7 Å². The summed E-state index contributed by atoms with van der Waals surface area (Å²) in [6, 6.07) is 10.6. The third-order valence-electron chi connectivity index (χ3n) is 2.92. The molecule has 0 fully saturated rings. The molecule has 3 heteroatoms. The lowest BCUT2D eigenvalue weighted by Crippen LogP contribution is -2.00. The SMILES string of the molecule is Cc1cc(Br)cc(C(Br)Cc2ncccc2C)c1. The largest absolute Gasteiger partial charge is 0.261 e. The van der Waals surface area contributed by atoms with Crippen molar-refractivity contribution >= 4 is 31.9 Å². The summed E-state index contributed by atoms with van der Waals surface area (Å²) in [6.45, 7) is 4.22. The number of pyridine rings is 1. The monoisotopic (exact) mass is 367 g/mol. The van der Waals surface area contributed by atoms with E-state index in [0.717, 1.165) is 16.6 Å². The molecule has 1 heterocycles. The Bertz CT molecular complexity index is 532. The predicted molar refractivity (Wildman–Crippen MR) is 83.2 cm³/mol. The van der Waals surface area contributed by atoms with Crippen molar-refractivity contribution in [1.82, 2.24) is 4.98 Å². The molecule has 1 aromatic heterocycles. The average molecular weight is 369 g/mol. The summed E-state index contributed by atoms with van der Waals surface area (Å²) in [7, 11) is 0. The lowest BCUT2D eigenvalue weighted by molar-refractivity contribution is 0.890. The maximum absolute atomic E-state index is 4.45. The fraction of sp³-hybridized carbons (Fsp3) is 0.267. The molecule has 0 N–H and O–H groups in total. The number of aromatic nitrogens is 1. The second-order valence-corrected chi connectivity index (χ2v) is 6.52. The Morgan fingerprint density at radius 2 is 2.00 bits per heavy atom. The smallest absolute Gasteiger partial charge is 0.0451 e. The Morgan fingerprint density at radius 1 is 1.22 bits per heavy atom. The third kappa shape index (κ3) is 3.42. The highest BCUT2D eigenvalue weighted by Crippen LogP contribution is 2.30. The molecule has 1 nitrogen and oxygen atoms in total. The molecule has 2 aromatic rings. The van der Waals surface area contributed by atoms with Gasteiger partial charge in [-0.1, -0.05) is 44.0 Å². The first-order valence-electron chi connectivity index (χ1n) is 5.88. The van der Waals surface area contributed by atoms with Crippen LogP contribution in [0.1, 0.15) is 27.2 Å². The molecule has 0 saturated heterocycles. The standard InChI is InChI=1S/C15H15Br2N/c1-10-6-12(8-13(16)7-10)14(17)9-15-11(2)4-3-5-18-15/h3-8,14H,9H2,1-2H3. The Morgan fingerprint density at radius 3 is 2.67 bits per heavy atom. The minimum absolute atomic E-state index is 0.294. The van der Waals surface area contributed by atoms with Crippen LogP contribution in [0, 0.1) is 13.8 Å². The van der Waals surface area contributed by atoms with Crippen molar-refractivity contribution in [1.29, 1.82) is 0 Å². The highest BCUT2D eigenvalue weighted by atomic mass is 79.9. The van der Waals surface area contributed by atoms with E-state index in [2.05, 4.69) is 75.0 Å². The first-order chi connectivity index (χ1) is 8.56. The van der Waals surface area contributed by atoms with Crippen molar-refractivity contribution in [2.24, 2.45) is 0 Å². The number of rotatable bonds is 3. The van der Waals surface area contributed by atoms with E-state index in [1.54, 1.807) is 0 Å². The maximum atomic E-state index is 4.45. The van der Waals surface area contributed by atoms with E-state index in [0.29, 0.717) is 4.83 Å². The summed E-state index contributed by atoms with van der Waals surface area (Å²) in [6.07, 6.45) is 2.76. The highest BCUT2D eigenvalue weighted by molar-refractivity contribution is 9.10. The first kappa shape index (κ1) is 13.8. The van der Waals surface area contributed by atoms with Gasteiger partial charge in [0.15, 0.2) is 0 Å². The zero-order valence-corrected chi connectivity index (χ0v) is 13.6. The summed E-state index contributed by atoms with van der Waals surface area (Å²) >= 11 is 7.31. The quantitative estimate of drug-likeness (QED) is 0.683. The summed E-state index contributed by atoms with van der Waals surface area (Å²) in [5, 5.41) is 0. The Balaban J connectivity index is 2.22. The molecular formula is C15H15Br2N. The molecule has 2 rings (SSSR count). The van der Waals surface area contributed by atoms with Crippen molar-refractivity contribution in [3.63, 3.8) is 0 Å². The Hall–Kier alpha value is -0.670. The molecular weight excluding hydrogens is 354 g/mol. The van der Waals surface area contributed by atoms with Crippen LogP contribution in [0.25, 0.3) is 0 Å². The minimum atomic E-state index is 0.294. The molecule has 1 atom stereocenters. The summed E-state index contributed by atoms with van der Waals surface area (Å²) in [5.41, 5.74) is 4.94. The van der Waals surface area contributed by atoms with Gasteiger partial charge in [0.1, 0.15) is 0 Å². The van der Waals surface area contributed by atoms with Crippen LogP contribution in [-0.2, 0) is 6.42 Å². The van der Waals surface area contributed by atoms with Gasteiger partial charge in [0, 0.05) is 27.6 Å². The molecule has 0 aliphatic carbocycles. The zero-order valence-electron chi connectivity index (χ0n) is 10.5. The van der Waals surface area contributed by atoms with Gasteiger partial charge < -0.3 is 0 Å². The number of halogens is 2. The molecule has 1 unspecified atom stereocenters. The molecule has 0 radical (unpaired) electrons. The van der Waals surface area contributed by atoms with E-state index in [1.807, 2.05) is 12.3 Å². The molecule has 94 valence electrons. The molecule has 0 amide bonds. The number of nitrogens with zero attached hydrogens (tertiary/aromatic N) is 1. The maximum Gasteiger partial charge on any atom is 0.0451 e. The fourth-order valence-electron chi connectivity index (χ4n) is 1.97. The van der Waals surface area contributed by atoms with Gasteiger partial charge in [-0.15, -0.1) is 0 Å². The van der Waals surface area contributed by atoms with Gasteiger partial charge in [-0.3, -0.25) is 4.98 Å². The lowest BCUT2D eigenvalue weighted by atomic mass is 10.0. The van der Waals surface area contributed by atoms with E-state index in [-0.39, 0.29) is 0 Å². The van der Waals surface area contributed by atoms with Gasteiger partial charge in [0.05, 0.1) is 0 Å². The van der Waals surface area contributed by atoms with Crippen LogP contribution in [0.2, 0.25) is 0 Å². The van der Waals surface area contributed by atoms with Crippen LogP contribution < -0.4 is 0 Å². The molecule has 18 heavy (non-hydrogen) atoms. The molecule has 1 aromatic carbocycles. The van der Waals surface area contributed by atoms with E-state index in [1.165, 1.54) is 16.7 Å². The molecule has 0 saturated carbocycles. The van der Waals surface area contributed by atoms with Crippen molar-refractivity contribution in [2.75, 3.05) is 0 Å². The van der Waals surface area contributed by atoms with Gasteiger partial charge in [-0.2, -0.15) is 0 Å². The third-order valence-corrected chi connectivity index (χ3v) is 4.23. The topological polar surface area (TPSA) is 12.9 Å². The van der Waals surface area contributed by atoms with Gasteiger partial charge in [0.2, 0.25) is 0 Å². The second kappa shape index (κ2) is 5.98. The molecule has 0 spiro atoms. The van der Waals surface area contributed by atoms with Crippen LogP contribution in [-0.4, -0.2) is 4.98 Å². The minimum Gasteiger partial charge on any atom is -0.261 e. The lowest BCUT2D eigenvalue weighted by Gasteiger charge is -2.12. The van der Waals surface area contributed by atoms with E-state index >= 15 is 0 Å². The van der Waals surface area contributed by atoms with Crippen molar-refractivity contribution in [3.05, 3.63) is 63.4 Å². The van der Waals surface area contributed by atoms with Crippen LogP contribution in [0.15, 0.2) is 41.0 Å². The van der Waals surface area contributed by atoms with Gasteiger partial charge in [-0.25, -0.2) is 0 Å². The Labute approximate surface area is 125 Å². The predicted octanol–water partition coefficient (Wildman–Crippen LogP) is 5.14. The average Bonchev–Trinajstić information content (AvgIpc) is 2.31. The number of hydrogen-bond acceptors (Lipinski definition) is 1. The van der Waals surface area contributed by atoms with E-state index in [9.17, 15) is 0 Å². The van der Waals surface area contributed by atoms with Crippen molar-refractivity contribution in [3.8, 4) is 0 Å². The van der Waals surface area contributed by atoms with Gasteiger partial charge >= 0.3 is 0 Å². The summed E-state index contributed by atoms with van der Waals surface area (Å²) in [5.74, 6) is 0. The Kier molecular flexibility index (Phi) is 4.57. The first-order valence-corrected chi connectivity index (χ1v) is 7.59. The molecule has 0 bridgehead atoms. The zero-order chi connectivity index (χ0) is 13.1. The van der Waals surface area contributed by atoms with Crippen LogP contribution in [0.5, 0.6) is 0 Å². The van der Waals surface area contributed by atoms with Crippen LogP contribution >= 0.6 is 31.9 Å². The second-order valence-electron chi connectivity index (χ2n) is 4.50. The molecule has 0 aliphatic rings. The van der Waals surface area contributed by atoms with Gasteiger partial charge in [0.25, 0.3) is 0 Å². The summed E-state index contributed by atoms with van der Waals surface area (Å²) in [4.78, 5) is 4.74. The van der Waals surface area contributed by atoms with Crippen LogP contribution in [0.4, 0.5) is 0 Å². The number of aryl methyl sites for hydroxylation is 2. The van der Waals surface area contributed by atoms with Crippen LogP contribution in [0.3, 0.4) is 0 Å².